The van der Waals surface area contributed by atoms with Crippen molar-refractivity contribution in [2.45, 2.75) is 11.8 Å². The Bertz CT molecular complexity index is 306. The standard InChI is InChI=1S/C9H9ClOS/c1-2-9(10)12(11)8-6-4-3-5-7-8/h2-7H,1H3/b9-2+. The second-order valence-electron chi connectivity index (χ2n) is 2.17. The van der Waals surface area contributed by atoms with E-state index in [0.717, 1.165) is 4.90 Å². The highest BCUT2D eigenvalue weighted by Gasteiger charge is 2.04. The lowest BCUT2D eigenvalue weighted by Crippen LogP contribution is -1.89. The molecule has 1 aromatic carbocycles. The van der Waals surface area contributed by atoms with E-state index in [2.05, 4.69) is 0 Å². The van der Waals surface area contributed by atoms with Crippen LogP contribution in [-0.2, 0) is 10.8 Å². The van der Waals surface area contributed by atoms with Crippen LogP contribution in [0.2, 0.25) is 0 Å². The Morgan fingerprint density at radius 3 is 2.50 bits per heavy atom. The molecule has 1 unspecified atom stereocenters. The fraction of sp³-hybridized carbons (Fsp3) is 0.111. The zero-order valence-corrected chi connectivity index (χ0v) is 8.23. The summed E-state index contributed by atoms with van der Waals surface area (Å²) >= 11 is 5.71. The average molecular weight is 201 g/mol. The highest BCUT2D eigenvalue weighted by molar-refractivity contribution is 7.90. The summed E-state index contributed by atoms with van der Waals surface area (Å²) in [7, 11) is -1.20. The molecule has 0 fully saturated rings. The van der Waals surface area contributed by atoms with Crippen molar-refractivity contribution in [1.29, 1.82) is 0 Å². The van der Waals surface area contributed by atoms with Gasteiger partial charge in [-0.1, -0.05) is 35.9 Å². The van der Waals surface area contributed by atoms with Gasteiger partial charge in [-0.05, 0) is 19.1 Å². The lowest BCUT2D eigenvalue weighted by molar-refractivity contribution is 0.688. The molecule has 1 atom stereocenters. The Morgan fingerprint density at radius 1 is 1.42 bits per heavy atom. The quantitative estimate of drug-likeness (QED) is 0.718. The van der Waals surface area contributed by atoms with Crippen molar-refractivity contribution in [1.82, 2.24) is 0 Å². The van der Waals surface area contributed by atoms with Gasteiger partial charge in [0.05, 0.1) is 10.8 Å². The molecule has 64 valence electrons. The van der Waals surface area contributed by atoms with Crippen LogP contribution in [0.1, 0.15) is 6.92 Å². The third-order valence-electron chi connectivity index (χ3n) is 1.36. The number of halogens is 1. The van der Waals surface area contributed by atoms with Gasteiger partial charge in [0.1, 0.15) is 4.36 Å². The van der Waals surface area contributed by atoms with Crippen molar-refractivity contribution in [3.05, 3.63) is 40.8 Å². The van der Waals surface area contributed by atoms with Crippen molar-refractivity contribution in [3.63, 3.8) is 0 Å². The molecular formula is C9H9ClOS. The van der Waals surface area contributed by atoms with E-state index < -0.39 is 10.8 Å². The van der Waals surface area contributed by atoms with Gasteiger partial charge in [-0.25, -0.2) is 4.21 Å². The van der Waals surface area contributed by atoms with Crippen molar-refractivity contribution in [2.75, 3.05) is 0 Å². The monoisotopic (exact) mass is 200 g/mol. The van der Waals surface area contributed by atoms with Crippen molar-refractivity contribution >= 4 is 22.4 Å². The molecule has 0 N–H and O–H groups in total. The fourth-order valence-corrected chi connectivity index (χ4v) is 1.87. The van der Waals surface area contributed by atoms with Crippen LogP contribution >= 0.6 is 11.6 Å². The van der Waals surface area contributed by atoms with Crippen LogP contribution in [0, 0.1) is 0 Å². The first-order chi connectivity index (χ1) is 5.75. The SMILES string of the molecule is C/C=C(\Cl)S(=O)c1ccccc1. The Labute approximate surface area is 79.5 Å². The third-order valence-corrected chi connectivity index (χ3v) is 3.29. The van der Waals surface area contributed by atoms with E-state index in [1.807, 2.05) is 18.2 Å². The number of rotatable bonds is 2. The summed E-state index contributed by atoms with van der Waals surface area (Å²) in [5.74, 6) is 0. The van der Waals surface area contributed by atoms with E-state index in [1.54, 1.807) is 25.1 Å². The minimum Gasteiger partial charge on any atom is -0.248 e. The molecule has 1 nitrogen and oxygen atoms in total. The highest BCUT2D eigenvalue weighted by atomic mass is 35.5. The molecule has 0 bridgehead atoms. The van der Waals surface area contributed by atoms with Crippen LogP contribution in [0.3, 0.4) is 0 Å². The lowest BCUT2D eigenvalue weighted by Gasteiger charge is -1.97. The van der Waals surface area contributed by atoms with Gasteiger partial charge < -0.3 is 0 Å². The molecule has 0 aromatic heterocycles. The molecule has 0 radical (unpaired) electrons. The van der Waals surface area contributed by atoms with Crippen LogP contribution in [-0.4, -0.2) is 4.21 Å². The second-order valence-corrected chi connectivity index (χ2v) is 4.25. The van der Waals surface area contributed by atoms with E-state index in [4.69, 9.17) is 11.6 Å². The van der Waals surface area contributed by atoms with Gasteiger partial charge in [-0.2, -0.15) is 0 Å². The van der Waals surface area contributed by atoms with Gasteiger partial charge in [-0.3, -0.25) is 0 Å². The molecule has 0 aliphatic carbocycles. The van der Waals surface area contributed by atoms with Gasteiger partial charge >= 0.3 is 0 Å². The van der Waals surface area contributed by atoms with Crippen LogP contribution in [0.4, 0.5) is 0 Å². The average Bonchev–Trinajstić information content (AvgIpc) is 2.17. The van der Waals surface area contributed by atoms with Gasteiger partial charge in [0.25, 0.3) is 0 Å². The molecule has 0 spiro atoms. The smallest absolute Gasteiger partial charge is 0.105 e. The van der Waals surface area contributed by atoms with Crippen molar-refractivity contribution in [2.24, 2.45) is 0 Å². The molecule has 0 saturated heterocycles. The maximum atomic E-state index is 11.5. The van der Waals surface area contributed by atoms with Gasteiger partial charge in [0.2, 0.25) is 0 Å². The molecular weight excluding hydrogens is 192 g/mol. The second kappa shape index (κ2) is 4.43. The van der Waals surface area contributed by atoms with Crippen molar-refractivity contribution < 1.29 is 4.21 Å². The Hall–Kier alpha value is -0.600. The van der Waals surface area contributed by atoms with Crippen LogP contribution in [0.5, 0.6) is 0 Å². The zero-order valence-electron chi connectivity index (χ0n) is 6.66. The zero-order chi connectivity index (χ0) is 8.97. The summed E-state index contributed by atoms with van der Waals surface area (Å²) in [4.78, 5) is 0.737. The predicted molar refractivity (Wildman–Crippen MR) is 52.5 cm³/mol. The molecule has 1 aromatic rings. The molecule has 0 amide bonds. The topological polar surface area (TPSA) is 17.1 Å². The van der Waals surface area contributed by atoms with Crippen LogP contribution in [0.25, 0.3) is 0 Å². The summed E-state index contributed by atoms with van der Waals surface area (Å²) in [5.41, 5.74) is 0. The minimum atomic E-state index is -1.20. The Kier molecular flexibility index (Phi) is 3.50. The number of hydrogen-bond donors (Lipinski definition) is 0. The molecule has 0 aliphatic heterocycles. The summed E-state index contributed by atoms with van der Waals surface area (Å²) in [6.07, 6.45) is 1.64. The van der Waals surface area contributed by atoms with E-state index in [9.17, 15) is 4.21 Å². The van der Waals surface area contributed by atoms with Crippen LogP contribution in [0.15, 0.2) is 45.7 Å². The molecule has 0 saturated carbocycles. The molecule has 0 heterocycles. The third kappa shape index (κ3) is 2.19. The fourth-order valence-electron chi connectivity index (χ4n) is 0.764. The molecule has 12 heavy (non-hydrogen) atoms. The van der Waals surface area contributed by atoms with Crippen LogP contribution < -0.4 is 0 Å². The van der Waals surface area contributed by atoms with E-state index >= 15 is 0 Å². The first-order valence-corrected chi connectivity index (χ1v) is 5.07. The summed E-state index contributed by atoms with van der Waals surface area (Å²) in [5, 5.41) is 0. The van der Waals surface area contributed by atoms with Crippen molar-refractivity contribution in [3.8, 4) is 0 Å². The van der Waals surface area contributed by atoms with Gasteiger partial charge in [-0.15, -0.1) is 0 Å². The van der Waals surface area contributed by atoms with E-state index in [1.165, 1.54) is 0 Å². The molecule has 0 aliphatic rings. The molecule has 1 rings (SSSR count). The largest absolute Gasteiger partial charge is 0.248 e. The number of allylic oxidation sites excluding steroid dienone is 1. The minimum absolute atomic E-state index is 0.376. The first-order valence-electron chi connectivity index (χ1n) is 3.54. The predicted octanol–water partition coefficient (Wildman–Crippen LogP) is 2.89. The number of benzene rings is 1. The first kappa shape index (κ1) is 9.49. The lowest BCUT2D eigenvalue weighted by atomic mass is 10.4. The van der Waals surface area contributed by atoms with Gasteiger partial charge in [0, 0.05) is 4.90 Å². The van der Waals surface area contributed by atoms with E-state index in [-0.39, 0.29) is 0 Å². The number of hydrogen-bond acceptors (Lipinski definition) is 1. The maximum absolute atomic E-state index is 11.5. The summed E-state index contributed by atoms with van der Waals surface area (Å²) in [6, 6.07) is 9.15. The van der Waals surface area contributed by atoms with Gasteiger partial charge in [0.15, 0.2) is 0 Å². The van der Waals surface area contributed by atoms with E-state index in [0.29, 0.717) is 4.36 Å². The Balaban J connectivity index is 2.94. The Morgan fingerprint density at radius 2 is 2.00 bits per heavy atom. The maximum Gasteiger partial charge on any atom is 0.105 e. The summed E-state index contributed by atoms with van der Waals surface area (Å²) < 4.78 is 11.9. The molecule has 3 heteroatoms. The normalized spacial score (nSPS) is 14.3. The summed E-state index contributed by atoms with van der Waals surface area (Å²) in [6.45, 7) is 1.77. The highest BCUT2D eigenvalue weighted by Crippen LogP contribution is 2.16.